The lowest BCUT2D eigenvalue weighted by molar-refractivity contribution is -0.197. The number of unbranched alkanes of at least 4 members (excludes halogenated alkanes) is 2. The molecule has 0 spiro atoms. The van der Waals surface area contributed by atoms with E-state index in [1.807, 2.05) is 4.90 Å². The van der Waals surface area contributed by atoms with E-state index in [0.29, 0.717) is 74.4 Å². The van der Waals surface area contributed by atoms with Crippen LogP contribution in [0.5, 0.6) is 0 Å². The van der Waals surface area contributed by atoms with Crippen LogP contribution in [0.2, 0.25) is 0 Å². The lowest BCUT2D eigenvalue weighted by Crippen LogP contribution is -2.32. The fourth-order valence-electron chi connectivity index (χ4n) is 4.66. The van der Waals surface area contributed by atoms with Gasteiger partial charge in [0.2, 0.25) is 0 Å². The van der Waals surface area contributed by atoms with Gasteiger partial charge in [-0.05, 0) is 37.1 Å². The van der Waals surface area contributed by atoms with Crippen LogP contribution in [0.4, 0.5) is 5.69 Å². The topological polar surface area (TPSA) is 224 Å². The second-order valence-corrected chi connectivity index (χ2v) is 14.4. The molecular formula is C28H32N2O14S3. The molecule has 2 N–H and O–H groups in total. The number of imide groups is 1. The molecule has 19 heteroatoms. The Labute approximate surface area is 273 Å². The molecule has 0 radical (unpaired) electrons. The van der Waals surface area contributed by atoms with E-state index in [4.69, 9.17) is 18.7 Å². The molecule has 4 rings (SSSR count). The molecule has 3 heterocycles. The minimum atomic E-state index is -4.98. The number of ether oxygens (including phenoxy) is 2. The Morgan fingerprint density at radius 1 is 0.936 bits per heavy atom. The Bertz CT molecular complexity index is 1900. The first-order valence-corrected chi connectivity index (χ1v) is 17.9. The van der Waals surface area contributed by atoms with Gasteiger partial charge in [-0.1, -0.05) is 6.42 Å². The number of carbonyl (C=O) groups excluding carboxylic acids is 3. The van der Waals surface area contributed by atoms with Gasteiger partial charge in [0.1, 0.15) is 14.7 Å². The van der Waals surface area contributed by atoms with E-state index in [1.54, 1.807) is 25.3 Å². The fourth-order valence-corrected chi connectivity index (χ4v) is 7.59. The highest BCUT2D eigenvalue weighted by atomic mass is 32.3. The highest BCUT2D eigenvalue weighted by Gasteiger charge is 2.32. The Morgan fingerprint density at radius 2 is 1.66 bits per heavy atom. The van der Waals surface area contributed by atoms with Gasteiger partial charge >= 0.3 is 21.7 Å². The Kier molecular flexibility index (Phi) is 11.9. The number of thiophene rings is 1. The predicted octanol–water partition coefficient (Wildman–Crippen LogP) is 2.65. The molecule has 1 aliphatic rings. The van der Waals surface area contributed by atoms with Crippen molar-refractivity contribution in [2.75, 3.05) is 44.9 Å². The highest BCUT2D eigenvalue weighted by molar-refractivity contribution is 7.89. The number of nitrogens with zero attached hydrogens (tertiary/aromatic N) is 2. The maximum Gasteiger partial charge on any atom is 0.345 e. The molecular weight excluding hydrogens is 685 g/mol. The Morgan fingerprint density at radius 3 is 2.32 bits per heavy atom. The maximum absolute atomic E-state index is 13.0. The zero-order valence-corrected chi connectivity index (χ0v) is 27.5. The SMILES string of the molecule is COCCOCCN(CCCCCC(=O)ON1C(=O)CCC1=O)c1ccc2cc(-c3sc(S(=O)(=O)O)cc3S(=O)(=O)O)c(=O)oc2c1. The molecule has 0 bridgehead atoms. The van der Waals surface area contributed by atoms with Gasteiger partial charge < -0.3 is 23.6 Å². The van der Waals surface area contributed by atoms with Crippen LogP contribution in [0.1, 0.15) is 38.5 Å². The molecule has 1 aliphatic heterocycles. The molecule has 1 aromatic carbocycles. The molecule has 47 heavy (non-hydrogen) atoms. The summed E-state index contributed by atoms with van der Waals surface area (Å²) in [7, 11) is -8.27. The van der Waals surface area contributed by atoms with Crippen molar-refractivity contribution in [1.29, 1.82) is 0 Å². The number of hydroxylamine groups is 2. The summed E-state index contributed by atoms with van der Waals surface area (Å²) in [5.74, 6) is -1.77. The van der Waals surface area contributed by atoms with E-state index < -0.39 is 57.6 Å². The quantitative estimate of drug-likeness (QED) is 0.0886. The van der Waals surface area contributed by atoms with Gasteiger partial charge in [0.15, 0.2) is 0 Å². The summed E-state index contributed by atoms with van der Waals surface area (Å²) in [4.78, 5) is 53.9. The highest BCUT2D eigenvalue weighted by Crippen LogP contribution is 2.37. The van der Waals surface area contributed by atoms with Crippen LogP contribution in [-0.4, -0.2) is 88.8 Å². The molecule has 0 aliphatic carbocycles. The van der Waals surface area contributed by atoms with E-state index in [-0.39, 0.29) is 41.7 Å². The van der Waals surface area contributed by atoms with Crippen LogP contribution in [-0.2, 0) is 48.9 Å². The molecule has 3 aromatic rings. The first-order chi connectivity index (χ1) is 22.2. The van der Waals surface area contributed by atoms with Crippen molar-refractivity contribution in [3.8, 4) is 10.4 Å². The van der Waals surface area contributed by atoms with Crippen LogP contribution in [0.15, 0.2) is 48.6 Å². The van der Waals surface area contributed by atoms with E-state index in [2.05, 4.69) is 0 Å². The van der Waals surface area contributed by atoms with E-state index in [1.165, 1.54) is 6.07 Å². The van der Waals surface area contributed by atoms with E-state index in [0.717, 1.165) is 0 Å². The first-order valence-electron chi connectivity index (χ1n) is 14.2. The van der Waals surface area contributed by atoms with Crippen molar-refractivity contribution in [3.05, 3.63) is 40.8 Å². The summed E-state index contributed by atoms with van der Waals surface area (Å²) < 4.78 is 81.5. The van der Waals surface area contributed by atoms with Crippen molar-refractivity contribution >= 4 is 66.0 Å². The van der Waals surface area contributed by atoms with E-state index >= 15 is 0 Å². The molecule has 0 atom stereocenters. The third-order valence-corrected chi connectivity index (χ3v) is 10.5. The molecule has 1 saturated heterocycles. The number of hydrogen-bond acceptors (Lipinski definition) is 14. The zero-order chi connectivity index (χ0) is 34.4. The van der Waals surface area contributed by atoms with Crippen LogP contribution in [0.25, 0.3) is 21.4 Å². The summed E-state index contributed by atoms with van der Waals surface area (Å²) in [5.41, 5.74) is -0.562. The van der Waals surface area contributed by atoms with Gasteiger partial charge in [-0.3, -0.25) is 18.7 Å². The lowest BCUT2D eigenvalue weighted by atomic mass is 10.1. The maximum atomic E-state index is 13.0. The van der Waals surface area contributed by atoms with Gasteiger partial charge in [-0.2, -0.15) is 16.8 Å². The summed E-state index contributed by atoms with van der Waals surface area (Å²) >= 11 is 0.285. The van der Waals surface area contributed by atoms with Crippen molar-refractivity contribution in [3.63, 3.8) is 0 Å². The van der Waals surface area contributed by atoms with Gasteiger partial charge in [-0.25, -0.2) is 9.59 Å². The first kappa shape index (κ1) is 36.1. The number of hydrogen-bond donors (Lipinski definition) is 2. The van der Waals surface area contributed by atoms with Gasteiger partial charge in [0.25, 0.3) is 21.9 Å². The third-order valence-electron chi connectivity index (χ3n) is 6.98. The third kappa shape index (κ3) is 9.43. The monoisotopic (exact) mass is 716 g/mol. The second-order valence-electron chi connectivity index (χ2n) is 10.3. The van der Waals surface area contributed by atoms with Crippen molar-refractivity contribution in [2.24, 2.45) is 0 Å². The van der Waals surface area contributed by atoms with E-state index in [9.17, 15) is 45.1 Å². The summed E-state index contributed by atoms with van der Waals surface area (Å²) in [6, 6.07) is 6.78. The van der Waals surface area contributed by atoms with Gasteiger partial charge in [0.05, 0.1) is 30.3 Å². The zero-order valence-electron chi connectivity index (χ0n) is 25.1. The minimum Gasteiger partial charge on any atom is -0.422 e. The smallest absolute Gasteiger partial charge is 0.345 e. The molecule has 2 aromatic heterocycles. The number of fused-ring (bicyclic) bond motifs is 1. The average molecular weight is 717 g/mol. The van der Waals surface area contributed by atoms with Gasteiger partial charge in [-0.15, -0.1) is 16.4 Å². The molecule has 16 nitrogen and oxygen atoms in total. The molecule has 0 unspecified atom stereocenters. The molecule has 2 amide bonds. The fraction of sp³-hybridized carbons (Fsp3) is 0.429. The van der Waals surface area contributed by atoms with Crippen molar-refractivity contribution < 1.29 is 59.1 Å². The Balaban J connectivity index is 1.49. The number of anilines is 1. The molecule has 0 saturated carbocycles. The largest absolute Gasteiger partial charge is 0.422 e. The molecule has 1 fully saturated rings. The minimum absolute atomic E-state index is 0.00984. The van der Waals surface area contributed by atoms with Crippen molar-refractivity contribution in [2.45, 2.75) is 47.6 Å². The summed E-state index contributed by atoms with van der Waals surface area (Å²) in [6.45, 7) is 2.05. The van der Waals surface area contributed by atoms with Gasteiger partial charge in [0, 0.05) is 56.6 Å². The Hall–Kier alpha value is -3.72. The summed E-state index contributed by atoms with van der Waals surface area (Å²) in [5, 5.41) is 0.871. The van der Waals surface area contributed by atoms with Crippen LogP contribution in [0, 0.1) is 0 Å². The average Bonchev–Trinajstić information content (AvgIpc) is 3.59. The number of carbonyl (C=O) groups is 3. The van der Waals surface area contributed by atoms with Crippen LogP contribution < -0.4 is 10.5 Å². The standard InChI is InChI=1S/C28H32N2O14S3/c1-41-13-14-42-12-11-29(10-4-2-3-5-25(33)44-30-23(31)8-9-24(30)32)19-7-6-18-15-20(28(34)43-21(18)16-19)27-22(46(35,36)37)17-26(45-27)47(38,39)40/h6-7,15-17H,2-5,8-14H2,1H3,(H,35,36,37)(H,38,39,40). The number of rotatable bonds is 17. The second kappa shape index (κ2) is 15.5. The van der Waals surface area contributed by atoms with Crippen molar-refractivity contribution in [1.82, 2.24) is 5.06 Å². The number of benzene rings is 1. The summed E-state index contributed by atoms with van der Waals surface area (Å²) in [6.07, 6.45) is 1.70. The van der Waals surface area contributed by atoms with Crippen LogP contribution >= 0.6 is 11.3 Å². The molecule has 256 valence electrons. The lowest BCUT2D eigenvalue weighted by Gasteiger charge is -2.25. The number of methoxy groups -OCH3 is 1. The normalized spacial score (nSPS) is 13.9. The number of amides is 2. The predicted molar refractivity (Wildman–Crippen MR) is 166 cm³/mol. The van der Waals surface area contributed by atoms with Crippen LogP contribution in [0.3, 0.4) is 0 Å².